The molecule has 0 aliphatic carbocycles. The number of nitrogens with one attached hydrogen (secondary N) is 2. The van der Waals surface area contributed by atoms with Crippen molar-refractivity contribution in [2.24, 2.45) is 5.92 Å². The quantitative estimate of drug-likeness (QED) is 0.622. The number of urea groups is 1. The second-order valence-corrected chi connectivity index (χ2v) is 8.63. The van der Waals surface area contributed by atoms with Gasteiger partial charge in [0.15, 0.2) is 11.5 Å². The maximum atomic E-state index is 12.8. The van der Waals surface area contributed by atoms with Crippen molar-refractivity contribution in [3.63, 3.8) is 0 Å². The number of nitrogens with zero attached hydrogens (tertiary/aromatic N) is 1. The lowest BCUT2D eigenvalue weighted by molar-refractivity contribution is 0.0918. The van der Waals surface area contributed by atoms with Gasteiger partial charge in [-0.1, -0.05) is 43.6 Å². The molecule has 1 fully saturated rings. The van der Waals surface area contributed by atoms with E-state index in [0.29, 0.717) is 60.5 Å². The molecule has 8 heteroatoms. The third kappa shape index (κ3) is 6.29. The zero-order valence-electron chi connectivity index (χ0n) is 18.7. The summed E-state index contributed by atoms with van der Waals surface area (Å²) in [5.74, 6) is 0.972. The number of methoxy groups -OCH3 is 1. The Labute approximate surface area is 194 Å². The van der Waals surface area contributed by atoms with E-state index >= 15 is 0 Å². The molecule has 1 aliphatic rings. The van der Waals surface area contributed by atoms with Gasteiger partial charge in [0.1, 0.15) is 0 Å². The van der Waals surface area contributed by atoms with Crippen molar-refractivity contribution < 1.29 is 19.1 Å². The summed E-state index contributed by atoms with van der Waals surface area (Å²) >= 11 is 6.37. The number of carbonyl (C=O) groups excluding carboxylic acids is 2. The predicted octanol–water partition coefficient (Wildman–Crippen LogP) is 4.81. The van der Waals surface area contributed by atoms with Crippen LogP contribution < -0.4 is 20.1 Å². The van der Waals surface area contributed by atoms with Gasteiger partial charge in [0.05, 0.1) is 18.7 Å². The predicted molar refractivity (Wildman–Crippen MR) is 126 cm³/mol. The highest BCUT2D eigenvalue weighted by molar-refractivity contribution is 6.32. The van der Waals surface area contributed by atoms with Crippen LogP contribution in [-0.4, -0.2) is 49.7 Å². The molecule has 172 valence electrons. The third-order valence-corrected chi connectivity index (χ3v) is 5.48. The van der Waals surface area contributed by atoms with Crippen LogP contribution in [-0.2, 0) is 0 Å². The summed E-state index contributed by atoms with van der Waals surface area (Å²) in [7, 11) is 1.52. The molecule has 0 bridgehead atoms. The Morgan fingerprint density at radius 2 is 1.84 bits per heavy atom. The lowest BCUT2D eigenvalue weighted by atomic mass is 10.0. The molecule has 32 heavy (non-hydrogen) atoms. The van der Waals surface area contributed by atoms with Gasteiger partial charge >= 0.3 is 6.03 Å². The van der Waals surface area contributed by atoms with Crippen LogP contribution in [0.5, 0.6) is 11.5 Å². The van der Waals surface area contributed by atoms with Crippen molar-refractivity contribution in [3.05, 3.63) is 53.1 Å². The van der Waals surface area contributed by atoms with Crippen molar-refractivity contribution in [2.45, 2.75) is 32.7 Å². The molecule has 0 aromatic heterocycles. The van der Waals surface area contributed by atoms with Crippen LogP contribution in [0.1, 0.15) is 37.0 Å². The largest absolute Gasteiger partial charge is 0.493 e. The summed E-state index contributed by atoms with van der Waals surface area (Å²) in [5, 5.41) is 6.27. The fourth-order valence-electron chi connectivity index (χ4n) is 3.46. The van der Waals surface area contributed by atoms with Crippen molar-refractivity contribution >= 4 is 29.2 Å². The Morgan fingerprint density at radius 1 is 1.16 bits per heavy atom. The number of para-hydroxylation sites is 1. The summed E-state index contributed by atoms with van der Waals surface area (Å²) in [6.07, 6.45) is 1.35. The normalized spacial score (nSPS) is 14.2. The molecule has 0 unspecified atom stereocenters. The number of hydrogen-bond donors (Lipinski definition) is 2. The Balaban J connectivity index is 1.55. The average Bonchev–Trinajstić information content (AvgIpc) is 2.78. The van der Waals surface area contributed by atoms with Gasteiger partial charge in [-0.05, 0) is 43.0 Å². The molecular formula is C24H30ClN3O4. The molecule has 7 nitrogen and oxygen atoms in total. The molecule has 0 spiro atoms. The van der Waals surface area contributed by atoms with Gasteiger partial charge in [0.25, 0.3) is 5.91 Å². The molecule has 1 heterocycles. The van der Waals surface area contributed by atoms with E-state index in [1.165, 1.54) is 7.11 Å². The highest BCUT2D eigenvalue weighted by Crippen LogP contribution is 2.36. The van der Waals surface area contributed by atoms with Gasteiger partial charge < -0.3 is 25.0 Å². The van der Waals surface area contributed by atoms with E-state index in [1.807, 2.05) is 44.2 Å². The van der Waals surface area contributed by atoms with Gasteiger partial charge in [-0.2, -0.15) is 0 Å². The summed E-state index contributed by atoms with van der Waals surface area (Å²) in [5.41, 5.74) is 1.17. The molecule has 2 aromatic carbocycles. The van der Waals surface area contributed by atoms with Gasteiger partial charge in [-0.25, -0.2) is 4.79 Å². The minimum atomic E-state index is -0.229. The maximum Gasteiger partial charge on any atom is 0.321 e. The number of ether oxygens (including phenoxy) is 2. The summed E-state index contributed by atoms with van der Waals surface area (Å²) in [6, 6.07) is 12.4. The maximum absolute atomic E-state index is 12.8. The number of hydrogen-bond acceptors (Lipinski definition) is 4. The number of likely N-dealkylation sites (tertiary alicyclic amines) is 1. The molecule has 2 aromatic rings. The van der Waals surface area contributed by atoms with E-state index in [0.717, 1.165) is 5.69 Å². The number of piperidine rings is 1. The molecule has 2 N–H and O–H groups in total. The number of benzene rings is 2. The van der Waals surface area contributed by atoms with Gasteiger partial charge in [0.2, 0.25) is 0 Å². The molecular weight excluding hydrogens is 430 g/mol. The van der Waals surface area contributed by atoms with E-state index in [4.69, 9.17) is 21.1 Å². The van der Waals surface area contributed by atoms with Crippen molar-refractivity contribution in [1.82, 2.24) is 10.2 Å². The summed E-state index contributed by atoms with van der Waals surface area (Å²) < 4.78 is 11.1. The van der Waals surface area contributed by atoms with Crippen molar-refractivity contribution in [3.8, 4) is 11.5 Å². The Bertz CT molecular complexity index is 928. The fraction of sp³-hybridized carbons (Fsp3) is 0.417. The van der Waals surface area contributed by atoms with Crippen LogP contribution in [0.15, 0.2) is 42.5 Å². The van der Waals surface area contributed by atoms with E-state index in [1.54, 1.807) is 17.0 Å². The number of amides is 3. The molecule has 3 amide bonds. The first-order valence-electron chi connectivity index (χ1n) is 10.8. The van der Waals surface area contributed by atoms with Crippen molar-refractivity contribution in [2.75, 3.05) is 32.1 Å². The second-order valence-electron chi connectivity index (χ2n) is 8.23. The van der Waals surface area contributed by atoms with Crippen LogP contribution in [0.4, 0.5) is 10.5 Å². The zero-order chi connectivity index (χ0) is 23.1. The lowest BCUT2D eigenvalue weighted by Crippen LogP contribution is -2.47. The first-order valence-corrected chi connectivity index (χ1v) is 11.2. The summed E-state index contributed by atoms with van der Waals surface area (Å²) in [4.78, 5) is 27.0. The van der Waals surface area contributed by atoms with E-state index in [2.05, 4.69) is 10.6 Å². The topological polar surface area (TPSA) is 79.9 Å². The molecule has 0 radical (unpaired) electrons. The van der Waals surface area contributed by atoms with Gasteiger partial charge in [-0.15, -0.1) is 0 Å². The van der Waals surface area contributed by atoms with Crippen LogP contribution in [0, 0.1) is 5.92 Å². The SMILES string of the molecule is COc1cc(C(=O)NC2CCN(C(=O)Nc3ccccc3)CC2)cc(Cl)c1OCC(C)C. The van der Waals surface area contributed by atoms with Crippen LogP contribution >= 0.6 is 11.6 Å². The fourth-order valence-corrected chi connectivity index (χ4v) is 3.73. The second kappa shape index (κ2) is 11.1. The van der Waals surface area contributed by atoms with Gasteiger partial charge in [-0.3, -0.25) is 4.79 Å². The van der Waals surface area contributed by atoms with Gasteiger partial charge in [0, 0.05) is 30.4 Å². The Hall–Kier alpha value is -2.93. The van der Waals surface area contributed by atoms with E-state index in [9.17, 15) is 9.59 Å². The molecule has 0 atom stereocenters. The first kappa shape index (κ1) is 23.7. The average molecular weight is 460 g/mol. The molecule has 1 aliphatic heterocycles. The number of anilines is 1. The highest BCUT2D eigenvalue weighted by Gasteiger charge is 2.25. The zero-order valence-corrected chi connectivity index (χ0v) is 19.4. The Kier molecular flexibility index (Phi) is 8.22. The Morgan fingerprint density at radius 3 is 2.47 bits per heavy atom. The molecule has 3 rings (SSSR count). The number of rotatable bonds is 7. The van der Waals surface area contributed by atoms with Crippen molar-refractivity contribution in [1.29, 1.82) is 0 Å². The van der Waals surface area contributed by atoms with E-state index < -0.39 is 0 Å². The van der Waals surface area contributed by atoms with E-state index in [-0.39, 0.29) is 18.0 Å². The molecule has 1 saturated heterocycles. The van der Waals surface area contributed by atoms with Crippen LogP contribution in [0.3, 0.4) is 0 Å². The number of carbonyl (C=O) groups is 2. The lowest BCUT2D eigenvalue weighted by Gasteiger charge is -2.32. The van der Waals surface area contributed by atoms with Crippen LogP contribution in [0.25, 0.3) is 0 Å². The minimum absolute atomic E-state index is 0.0232. The summed E-state index contributed by atoms with van der Waals surface area (Å²) in [6.45, 7) is 5.71. The van der Waals surface area contributed by atoms with Crippen LogP contribution in [0.2, 0.25) is 5.02 Å². The number of halogens is 1. The third-order valence-electron chi connectivity index (χ3n) is 5.20. The minimum Gasteiger partial charge on any atom is -0.493 e. The first-order chi connectivity index (χ1) is 15.4. The monoisotopic (exact) mass is 459 g/mol. The standard InChI is InChI=1S/C24H30ClN3O4/c1-16(2)15-32-22-20(25)13-17(14-21(22)31-3)23(29)26-19-9-11-28(12-10-19)24(30)27-18-7-5-4-6-8-18/h4-8,13-14,16,19H,9-12,15H2,1-3H3,(H,26,29)(H,27,30). The highest BCUT2D eigenvalue weighted by atomic mass is 35.5. The smallest absolute Gasteiger partial charge is 0.321 e. The molecule has 0 saturated carbocycles.